The number of nitrogens with one attached hydrogen (secondary N) is 1. The molecule has 0 saturated carbocycles. The SMILES string of the molecule is CC(=O)NCc1cc(O[C@@H]2CCN(C(=O)OC(C)(C)C)C2)ccn1. The van der Waals surface area contributed by atoms with E-state index in [4.69, 9.17) is 9.47 Å². The lowest BCUT2D eigenvalue weighted by Gasteiger charge is -2.24. The zero-order valence-corrected chi connectivity index (χ0v) is 14.7. The number of carbonyl (C=O) groups excluding carboxylic acids is 2. The van der Waals surface area contributed by atoms with Gasteiger partial charge in [-0.05, 0) is 26.8 Å². The van der Waals surface area contributed by atoms with Crippen LogP contribution in [0.3, 0.4) is 0 Å². The molecule has 2 rings (SSSR count). The van der Waals surface area contributed by atoms with Crippen molar-refractivity contribution in [1.29, 1.82) is 0 Å². The van der Waals surface area contributed by atoms with Crippen molar-refractivity contribution in [3.8, 4) is 5.75 Å². The van der Waals surface area contributed by atoms with E-state index in [1.54, 1.807) is 23.2 Å². The van der Waals surface area contributed by atoms with E-state index in [9.17, 15) is 9.59 Å². The summed E-state index contributed by atoms with van der Waals surface area (Å²) in [6.07, 6.45) is 2.01. The first kappa shape index (κ1) is 18.0. The van der Waals surface area contributed by atoms with Crippen molar-refractivity contribution < 1.29 is 19.1 Å². The Bertz CT molecular complexity index is 598. The standard InChI is InChI=1S/C17H25N3O4/c1-12(21)19-10-13-9-14(5-7-18-13)23-15-6-8-20(11-15)16(22)24-17(2,3)4/h5,7,9,15H,6,8,10-11H2,1-4H3,(H,19,21)/t15-/m1/s1. The number of pyridine rings is 1. The number of amides is 2. The Morgan fingerprint density at radius 1 is 1.42 bits per heavy atom. The van der Waals surface area contributed by atoms with Crippen LogP contribution in [0.5, 0.6) is 5.75 Å². The number of carbonyl (C=O) groups is 2. The van der Waals surface area contributed by atoms with Crippen LogP contribution in [-0.2, 0) is 16.1 Å². The molecule has 0 spiro atoms. The molecule has 2 heterocycles. The molecule has 0 radical (unpaired) electrons. The molecule has 0 aliphatic carbocycles. The van der Waals surface area contributed by atoms with Crippen molar-refractivity contribution >= 4 is 12.0 Å². The summed E-state index contributed by atoms with van der Waals surface area (Å²) in [6.45, 7) is 8.49. The molecule has 132 valence electrons. The number of aromatic nitrogens is 1. The van der Waals surface area contributed by atoms with E-state index >= 15 is 0 Å². The lowest BCUT2D eigenvalue weighted by Crippen LogP contribution is -2.36. The summed E-state index contributed by atoms with van der Waals surface area (Å²) in [4.78, 5) is 28.9. The molecule has 0 unspecified atom stereocenters. The van der Waals surface area contributed by atoms with Crippen LogP contribution >= 0.6 is 0 Å². The highest BCUT2D eigenvalue weighted by atomic mass is 16.6. The minimum absolute atomic E-state index is 0.0754. The first-order chi connectivity index (χ1) is 11.2. The van der Waals surface area contributed by atoms with Crippen LogP contribution in [0.15, 0.2) is 18.3 Å². The van der Waals surface area contributed by atoms with Gasteiger partial charge in [0.25, 0.3) is 0 Å². The van der Waals surface area contributed by atoms with Crippen LogP contribution in [0.1, 0.15) is 39.8 Å². The Morgan fingerprint density at radius 2 is 2.17 bits per heavy atom. The van der Waals surface area contributed by atoms with Crippen molar-refractivity contribution in [2.24, 2.45) is 0 Å². The second-order valence-corrected chi connectivity index (χ2v) is 6.85. The Labute approximate surface area is 142 Å². The number of hydrogen-bond donors (Lipinski definition) is 1. The average molecular weight is 335 g/mol. The van der Waals surface area contributed by atoms with Crippen LogP contribution in [0.25, 0.3) is 0 Å². The van der Waals surface area contributed by atoms with Gasteiger partial charge in [-0.1, -0.05) is 0 Å². The number of ether oxygens (including phenoxy) is 2. The molecular weight excluding hydrogens is 310 g/mol. The molecule has 1 aromatic rings. The van der Waals surface area contributed by atoms with Gasteiger partial charge < -0.3 is 19.7 Å². The van der Waals surface area contributed by atoms with Crippen molar-refractivity contribution in [3.63, 3.8) is 0 Å². The number of nitrogens with zero attached hydrogens (tertiary/aromatic N) is 2. The molecule has 1 aromatic heterocycles. The molecule has 0 bridgehead atoms. The minimum atomic E-state index is -0.500. The topological polar surface area (TPSA) is 80.8 Å². The fraction of sp³-hybridized carbons (Fsp3) is 0.588. The first-order valence-corrected chi connectivity index (χ1v) is 8.07. The van der Waals surface area contributed by atoms with E-state index in [1.807, 2.05) is 20.8 Å². The lowest BCUT2D eigenvalue weighted by atomic mass is 10.2. The van der Waals surface area contributed by atoms with Crippen LogP contribution in [0.2, 0.25) is 0 Å². The van der Waals surface area contributed by atoms with Crippen molar-refractivity contribution in [1.82, 2.24) is 15.2 Å². The van der Waals surface area contributed by atoms with Gasteiger partial charge in [0.2, 0.25) is 5.91 Å². The van der Waals surface area contributed by atoms with Gasteiger partial charge in [-0.25, -0.2) is 4.79 Å². The first-order valence-electron chi connectivity index (χ1n) is 8.07. The zero-order valence-electron chi connectivity index (χ0n) is 14.7. The summed E-state index contributed by atoms with van der Waals surface area (Å²) >= 11 is 0. The maximum absolute atomic E-state index is 12.1. The molecule has 1 saturated heterocycles. The molecule has 1 fully saturated rings. The maximum Gasteiger partial charge on any atom is 0.410 e. The molecular formula is C17H25N3O4. The minimum Gasteiger partial charge on any atom is -0.488 e. The van der Waals surface area contributed by atoms with Gasteiger partial charge in [0, 0.05) is 32.2 Å². The summed E-state index contributed by atoms with van der Waals surface area (Å²) in [7, 11) is 0. The molecule has 24 heavy (non-hydrogen) atoms. The van der Waals surface area contributed by atoms with Gasteiger partial charge in [-0.2, -0.15) is 0 Å². The number of hydrogen-bond acceptors (Lipinski definition) is 5. The number of likely N-dealkylation sites (tertiary alicyclic amines) is 1. The van der Waals surface area contributed by atoms with E-state index in [-0.39, 0.29) is 18.1 Å². The Hall–Kier alpha value is -2.31. The highest BCUT2D eigenvalue weighted by Gasteiger charge is 2.30. The molecule has 1 aliphatic rings. The zero-order chi connectivity index (χ0) is 17.7. The van der Waals surface area contributed by atoms with Crippen LogP contribution in [0.4, 0.5) is 4.79 Å². The predicted octanol–water partition coefficient (Wildman–Crippen LogP) is 2.11. The van der Waals surface area contributed by atoms with E-state index in [0.29, 0.717) is 25.4 Å². The summed E-state index contributed by atoms with van der Waals surface area (Å²) < 4.78 is 11.3. The van der Waals surface area contributed by atoms with Gasteiger partial charge in [-0.15, -0.1) is 0 Å². The third-order valence-electron chi connectivity index (χ3n) is 3.41. The largest absolute Gasteiger partial charge is 0.488 e. The van der Waals surface area contributed by atoms with Crippen LogP contribution in [-0.4, -0.2) is 46.7 Å². The van der Waals surface area contributed by atoms with Crippen LogP contribution in [0, 0.1) is 0 Å². The normalized spacial score (nSPS) is 17.5. The fourth-order valence-corrected chi connectivity index (χ4v) is 2.35. The Morgan fingerprint density at radius 3 is 2.83 bits per heavy atom. The summed E-state index contributed by atoms with van der Waals surface area (Å²) in [5, 5.41) is 2.70. The molecule has 2 amide bonds. The summed E-state index contributed by atoms with van der Waals surface area (Å²) in [5.74, 6) is 0.577. The summed E-state index contributed by atoms with van der Waals surface area (Å²) in [6, 6.07) is 3.57. The van der Waals surface area contributed by atoms with Gasteiger partial charge in [0.15, 0.2) is 0 Å². The second kappa shape index (κ2) is 7.51. The van der Waals surface area contributed by atoms with Crippen molar-refractivity contribution in [2.75, 3.05) is 13.1 Å². The Kier molecular flexibility index (Phi) is 5.64. The molecule has 1 N–H and O–H groups in total. The third-order valence-corrected chi connectivity index (χ3v) is 3.41. The molecule has 7 nitrogen and oxygen atoms in total. The monoisotopic (exact) mass is 335 g/mol. The molecule has 0 aromatic carbocycles. The van der Waals surface area contributed by atoms with E-state index in [0.717, 1.165) is 12.1 Å². The molecule has 1 aliphatic heterocycles. The smallest absolute Gasteiger partial charge is 0.410 e. The van der Waals surface area contributed by atoms with E-state index in [1.165, 1.54) is 6.92 Å². The molecule has 7 heteroatoms. The highest BCUT2D eigenvalue weighted by molar-refractivity contribution is 5.72. The quantitative estimate of drug-likeness (QED) is 0.911. The van der Waals surface area contributed by atoms with Crippen molar-refractivity contribution in [2.45, 2.75) is 52.4 Å². The third kappa shape index (κ3) is 5.72. The predicted molar refractivity (Wildman–Crippen MR) is 88.6 cm³/mol. The van der Waals surface area contributed by atoms with Gasteiger partial charge in [-0.3, -0.25) is 9.78 Å². The summed E-state index contributed by atoms with van der Waals surface area (Å²) in [5.41, 5.74) is 0.226. The fourth-order valence-electron chi connectivity index (χ4n) is 2.35. The van der Waals surface area contributed by atoms with Gasteiger partial charge >= 0.3 is 6.09 Å². The Balaban J connectivity index is 1.88. The van der Waals surface area contributed by atoms with Crippen LogP contribution < -0.4 is 10.1 Å². The highest BCUT2D eigenvalue weighted by Crippen LogP contribution is 2.20. The van der Waals surface area contributed by atoms with E-state index in [2.05, 4.69) is 10.3 Å². The van der Waals surface area contributed by atoms with Gasteiger partial charge in [0.05, 0.1) is 18.8 Å². The average Bonchev–Trinajstić information content (AvgIpc) is 2.92. The maximum atomic E-state index is 12.1. The second-order valence-electron chi connectivity index (χ2n) is 6.85. The molecule has 1 atom stereocenters. The van der Waals surface area contributed by atoms with Crippen molar-refractivity contribution in [3.05, 3.63) is 24.0 Å². The lowest BCUT2D eigenvalue weighted by molar-refractivity contribution is -0.119. The van der Waals surface area contributed by atoms with E-state index < -0.39 is 5.60 Å². The van der Waals surface area contributed by atoms with Gasteiger partial charge in [0.1, 0.15) is 17.5 Å². The number of rotatable bonds is 4.